The van der Waals surface area contributed by atoms with Crippen molar-refractivity contribution in [3.05, 3.63) is 10.5 Å². The first-order valence-corrected chi connectivity index (χ1v) is 8.98. The summed E-state index contributed by atoms with van der Waals surface area (Å²) in [5.41, 5.74) is 4.54. The molecule has 0 radical (unpaired) electrons. The van der Waals surface area contributed by atoms with Crippen molar-refractivity contribution in [2.24, 2.45) is 0 Å². The average Bonchev–Trinajstić information content (AvgIpc) is 3.14. The Bertz CT molecular complexity index is 944. The number of nitrogens with zero attached hydrogens (tertiary/aromatic N) is 4. The summed E-state index contributed by atoms with van der Waals surface area (Å²) in [6, 6.07) is 0. The highest BCUT2D eigenvalue weighted by Crippen LogP contribution is 2.34. The zero-order valence-electron chi connectivity index (χ0n) is 15.8. The van der Waals surface area contributed by atoms with Gasteiger partial charge in [-0.25, -0.2) is 9.36 Å². The van der Waals surface area contributed by atoms with E-state index >= 15 is 0 Å². The summed E-state index contributed by atoms with van der Waals surface area (Å²) < 4.78 is 50.8. The number of fused-ring (bicyclic) bond motifs is 1. The topological polar surface area (TPSA) is 138 Å². The van der Waals surface area contributed by atoms with Crippen LogP contribution >= 0.6 is 0 Å². The van der Waals surface area contributed by atoms with Crippen LogP contribution < -0.4 is 16.2 Å². The summed E-state index contributed by atoms with van der Waals surface area (Å²) in [5.74, 6) is -0.447. The number of rotatable bonds is 6. The standard InChI is InChI=1S/C16H22F3N5O5/c1-3-7(25)9-6-8(26)13(29-9)24-11-10(12(28-2)22-14(20)21-11)23(15(24)27)5-4-16(17,18)19/h7-9,13,25-26H,3-6H2,1-2H3,(H2,20,21,22)/t7?,8-,9+,13-/m1/s1. The van der Waals surface area contributed by atoms with Gasteiger partial charge >= 0.3 is 11.9 Å². The molecule has 0 amide bonds. The molecule has 2 aromatic heterocycles. The lowest BCUT2D eigenvalue weighted by Gasteiger charge is -2.18. The number of aromatic nitrogens is 4. The minimum absolute atomic E-state index is 0.0407. The first-order chi connectivity index (χ1) is 13.6. The van der Waals surface area contributed by atoms with Crippen molar-refractivity contribution in [3.8, 4) is 5.88 Å². The average molecular weight is 421 g/mol. The van der Waals surface area contributed by atoms with Crippen LogP contribution in [0.3, 0.4) is 0 Å². The number of aliphatic hydroxyl groups excluding tert-OH is 2. The number of nitrogen functional groups attached to an aromatic ring is 1. The highest BCUT2D eigenvalue weighted by molar-refractivity contribution is 5.78. The van der Waals surface area contributed by atoms with Crippen LogP contribution in [0.15, 0.2) is 4.79 Å². The van der Waals surface area contributed by atoms with Crippen LogP contribution in [0.4, 0.5) is 19.1 Å². The molecule has 1 saturated heterocycles. The second-order valence-electron chi connectivity index (χ2n) is 6.78. The number of aryl methyl sites for hydroxylation is 1. The molecule has 0 aliphatic carbocycles. The maximum atomic E-state index is 13.0. The minimum Gasteiger partial charge on any atom is -0.479 e. The van der Waals surface area contributed by atoms with E-state index in [4.69, 9.17) is 15.2 Å². The van der Waals surface area contributed by atoms with Crippen molar-refractivity contribution in [2.45, 2.75) is 63.4 Å². The quantitative estimate of drug-likeness (QED) is 0.615. The Labute approximate surface area is 162 Å². The molecular weight excluding hydrogens is 399 g/mol. The van der Waals surface area contributed by atoms with Crippen LogP contribution in [0.2, 0.25) is 0 Å². The number of anilines is 1. The van der Waals surface area contributed by atoms with Crippen LogP contribution in [-0.2, 0) is 11.3 Å². The van der Waals surface area contributed by atoms with Crippen LogP contribution in [0.25, 0.3) is 11.2 Å². The van der Waals surface area contributed by atoms with Gasteiger partial charge < -0.3 is 25.4 Å². The van der Waals surface area contributed by atoms with E-state index in [0.717, 1.165) is 9.13 Å². The summed E-state index contributed by atoms with van der Waals surface area (Å²) in [5, 5.41) is 20.4. The molecule has 2 aromatic rings. The number of imidazole rings is 1. The van der Waals surface area contributed by atoms with Gasteiger partial charge in [-0.2, -0.15) is 23.1 Å². The van der Waals surface area contributed by atoms with E-state index in [2.05, 4.69) is 9.97 Å². The van der Waals surface area contributed by atoms with Gasteiger partial charge in [0, 0.05) is 13.0 Å². The Morgan fingerprint density at radius 2 is 2.10 bits per heavy atom. The molecule has 0 saturated carbocycles. The molecule has 4 N–H and O–H groups in total. The summed E-state index contributed by atoms with van der Waals surface area (Å²) in [4.78, 5) is 20.8. The molecule has 0 spiro atoms. The number of hydrogen-bond donors (Lipinski definition) is 3. The van der Waals surface area contributed by atoms with E-state index in [1.807, 2.05) is 0 Å². The maximum Gasteiger partial charge on any atom is 0.390 e. The van der Waals surface area contributed by atoms with Gasteiger partial charge in [-0.15, -0.1) is 0 Å². The van der Waals surface area contributed by atoms with Crippen LogP contribution in [0.5, 0.6) is 5.88 Å². The summed E-state index contributed by atoms with van der Waals surface area (Å²) in [6.45, 7) is 1.01. The van der Waals surface area contributed by atoms with E-state index in [9.17, 15) is 28.2 Å². The monoisotopic (exact) mass is 421 g/mol. The molecule has 0 bridgehead atoms. The fourth-order valence-corrected chi connectivity index (χ4v) is 3.40. The second kappa shape index (κ2) is 7.80. The van der Waals surface area contributed by atoms with Gasteiger partial charge in [0.2, 0.25) is 11.8 Å². The fraction of sp³-hybridized carbons (Fsp3) is 0.688. The third-order valence-electron chi connectivity index (χ3n) is 4.82. The van der Waals surface area contributed by atoms with Gasteiger partial charge in [-0.1, -0.05) is 6.92 Å². The normalized spacial score (nSPS) is 23.6. The van der Waals surface area contributed by atoms with E-state index in [0.29, 0.717) is 6.42 Å². The third kappa shape index (κ3) is 4.02. The number of ether oxygens (including phenoxy) is 2. The molecule has 3 heterocycles. The molecule has 1 aliphatic rings. The van der Waals surface area contributed by atoms with Gasteiger partial charge in [0.05, 0.1) is 25.7 Å². The van der Waals surface area contributed by atoms with Crippen molar-refractivity contribution in [1.82, 2.24) is 19.1 Å². The zero-order chi connectivity index (χ0) is 21.5. The Kier molecular flexibility index (Phi) is 5.74. The molecule has 162 valence electrons. The van der Waals surface area contributed by atoms with E-state index in [-0.39, 0.29) is 29.4 Å². The maximum absolute atomic E-state index is 13.0. The molecule has 1 aliphatic heterocycles. The van der Waals surface area contributed by atoms with Gasteiger partial charge in [-0.3, -0.25) is 4.57 Å². The predicted octanol–water partition coefficient (Wildman–Crippen LogP) is 0.555. The van der Waals surface area contributed by atoms with Gasteiger partial charge in [0.25, 0.3) is 0 Å². The minimum atomic E-state index is -4.50. The Morgan fingerprint density at radius 1 is 1.41 bits per heavy atom. The molecule has 13 heteroatoms. The Morgan fingerprint density at radius 3 is 2.69 bits per heavy atom. The summed E-state index contributed by atoms with van der Waals surface area (Å²) >= 11 is 0. The number of aliphatic hydroxyl groups is 2. The highest BCUT2D eigenvalue weighted by atomic mass is 19.4. The Hall–Kier alpha value is -2.38. The lowest BCUT2D eigenvalue weighted by molar-refractivity contribution is -0.136. The summed E-state index contributed by atoms with van der Waals surface area (Å²) in [7, 11) is 1.23. The SMILES string of the molecule is CCC(O)[C@@H]1C[C@@H](O)[C@H](n2c(=O)n(CCC(F)(F)F)c3c(OC)nc(N)nc32)O1. The highest BCUT2D eigenvalue weighted by Gasteiger charge is 2.41. The van der Waals surface area contributed by atoms with E-state index in [1.165, 1.54) is 7.11 Å². The second-order valence-corrected chi connectivity index (χ2v) is 6.78. The molecular formula is C16H22F3N5O5. The van der Waals surface area contributed by atoms with Crippen molar-refractivity contribution in [1.29, 1.82) is 0 Å². The number of halogens is 3. The summed E-state index contributed by atoms with van der Waals surface area (Å²) in [6.07, 6.45) is -9.46. The van der Waals surface area contributed by atoms with Gasteiger partial charge in [0.1, 0.15) is 6.10 Å². The molecule has 1 fully saturated rings. The van der Waals surface area contributed by atoms with Crippen molar-refractivity contribution < 1.29 is 32.9 Å². The fourth-order valence-electron chi connectivity index (χ4n) is 3.40. The van der Waals surface area contributed by atoms with E-state index < -0.39 is 49.4 Å². The lowest BCUT2D eigenvalue weighted by Crippen LogP contribution is -2.33. The van der Waals surface area contributed by atoms with Gasteiger partial charge in [-0.05, 0) is 6.42 Å². The molecule has 4 atom stereocenters. The number of hydrogen-bond acceptors (Lipinski definition) is 8. The molecule has 1 unspecified atom stereocenters. The molecule has 10 nitrogen and oxygen atoms in total. The zero-order valence-corrected chi connectivity index (χ0v) is 15.8. The predicted molar refractivity (Wildman–Crippen MR) is 94.3 cm³/mol. The van der Waals surface area contributed by atoms with Crippen molar-refractivity contribution in [3.63, 3.8) is 0 Å². The van der Waals surface area contributed by atoms with Crippen molar-refractivity contribution in [2.75, 3.05) is 12.8 Å². The third-order valence-corrected chi connectivity index (χ3v) is 4.82. The van der Waals surface area contributed by atoms with Crippen LogP contribution in [0, 0.1) is 0 Å². The smallest absolute Gasteiger partial charge is 0.390 e. The Balaban J connectivity index is 2.16. The van der Waals surface area contributed by atoms with Crippen LogP contribution in [-0.4, -0.2) is 60.9 Å². The van der Waals surface area contributed by atoms with E-state index in [1.54, 1.807) is 6.92 Å². The molecule has 3 rings (SSSR count). The lowest BCUT2D eigenvalue weighted by atomic mass is 10.1. The number of methoxy groups -OCH3 is 1. The number of alkyl halides is 3. The molecule has 0 aromatic carbocycles. The molecule has 29 heavy (non-hydrogen) atoms. The first kappa shape index (κ1) is 21.3. The first-order valence-electron chi connectivity index (χ1n) is 8.98. The van der Waals surface area contributed by atoms with Crippen LogP contribution in [0.1, 0.15) is 32.4 Å². The van der Waals surface area contributed by atoms with Crippen molar-refractivity contribution >= 4 is 17.1 Å². The van der Waals surface area contributed by atoms with Gasteiger partial charge in [0.15, 0.2) is 17.4 Å². The number of nitrogens with two attached hydrogens (primary N) is 1. The largest absolute Gasteiger partial charge is 0.479 e.